The Hall–Kier alpha value is -1.89. The standard InChI is InChI=1S/C11H13N2O2/c1-9-3-2-4-10(7-9)8-11(14)15-6-5-13-12/h2-4,7H,5-6,8H2,1H3/q+1. The monoisotopic (exact) mass is 205 g/mol. The van der Waals surface area contributed by atoms with Crippen LogP contribution in [0, 0.1) is 12.3 Å². The molecule has 0 spiro atoms. The lowest BCUT2D eigenvalue weighted by atomic mass is 10.1. The Morgan fingerprint density at radius 3 is 3.00 bits per heavy atom. The fraction of sp³-hybridized carbons (Fsp3) is 0.364. The van der Waals surface area contributed by atoms with Gasteiger partial charge in [0.2, 0.25) is 5.39 Å². The van der Waals surface area contributed by atoms with Gasteiger partial charge in [0.15, 0.2) is 6.61 Å². The molecule has 0 aromatic heterocycles. The lowest BCUT2D eigenvalue weighted by Crippen LogP contribution is -2.10. The summed E-state index contributed by atoms with van der Waals surface area (Å²) in [5.41, 5.74) is 2.05. The first kappa shape index (κ1) is 11.2. The smallest absolute Gasteiger partial charge is 0.338 e. The highest BCUT2D eigenvalue weighted by Crippen LogP contribution is 2.05. The Morgan fingerprint density at radius 1 is 1.53 bits per heavy atom. The average Bonchev–Trinajstić information content (AvgIpc) is 2.18. The number of nitrogens with zero attached hydrogens (tertiary/aromatic N) is 2. The Kier molecular flexibility index (Phi) is 4.30. The summed E-state index contributed by atoms with van der Waals surface area (Å²) in [6, 6.07) is 7.70. The highest BCUT2D eigenvalue weighted by molar-refractivity contribution is 5.72. The van der Waals surface area contributed by atoms with Crippen LogP contribution in [0.3, 0.4) is 0 Å². The zero-order valence-corrected chi connectivity index (χ0v) is 8.64. The van der Waals surface area contributed by atoms with E-state index >= 15 is 0 Å². The molecule has 1 aromatic rings. The zero-order valence-electron chi connectivity index (χ0n) is 8.64. The number of carbonyl (C=O) groups is 1. The summed E-state index contributed by atoms with van der Waals surface area (Å²) in [5.74, 6) is -0.302. The van der Waals surface area contributed by atoms with Gasteiger partial charge in [-0.2, -0.15) is 0 Å². The summed E-state index contributed by atoms with van der Waals surface area (Å²) < 4.78 is 4.83. The average molecular weight is 205 g/mol. The van der Waals surface area contributed by atoms with E-state index in [4.69, 9.17) is 10.1 Å². The van der Waals surface area contributed by atoms with Crippen LogP contribution in [-0.2, 0) is 16.0 Å². The van der Waals surface area contributed by atoms with Crippen LogP contribution in [0.1, 0.15) is 11.1 Å². The molecular weight excluding hydrogens is 192 g/mol. The number of ether oxygens (including phenoxy) is 1. The van der Waals surface area contributed by atoms with Crippen molar-refractivity contribution >= 4 is 5.97 Å². The summed E-state index contributed by atoms with van der Waals surface area (Å²) in [6.07, 6.45) is 0.257. The van der Waals surface area contributed by atoms with Crippen LogP contribution in [0.2, 0.25) is 0 Å². The van der Waals surface area contributed by atoms with Crippen molar-refractivity contribution in [1.82, 2.24) is 0 Å². The molecular formula is C11H13N2O2+. The van der Waals surface area contributed by atoms with E-state index in [0.717, 1.165) is 11.1 Å². The summed E-state index contributed by atoms with van der Waals surface area (Å²) in [4.78, 5) is 14.1. The van der Waals surface area contributed by atoms with Crippen molar-refractivity contribution in [2.24, 2.45) is 0 Å². The molecule has 0 atom stereocenters. The number of carbonyl (C=O) groups excluding carboxylic acids is 1. The van der Waals surface area contributed by atoms with Gasteiger partial charge in [-0.3, -0.25) is 4.79 Å². The highest BCUT2D eigenvalue weighted by Gasteiger charge is 2.06. The van der Waals surface area contributed by atoms with Gasteiger partial charge in [-0.1, -0.05) is 29.8 Å². The highest BCUT2D eigenvalue weighted by atomic mass is 16.5. The van der Waals surface area contributed by atoms with Crippen LogP contribution in [-0.4, -0.2) is 19.1 Å². The van der Waals surface area contributed by atoms with Gasteiger partial charge in [-0.05, 0) is 12.5 Å². The first-order valence-corrected chi connectivity index (χ1v) is 4.74. The van der Waals surface area contributed by atoms with Gasteiger partial charge < -0.3 is 4.74 Å². The van der Waals surface area contributed by atoms with E-state index in [1.54, 1.807) is 0 Å². The van der Waals surface area contributed by atoms with Crippen molar-refractivity contribution in [1.29, 1.82) is 5.39 Å². The third-order valence-corrected chi connectivity index (χ3v) is 1.89. The Morgan fingerprint density at radius 2 is 2.33 bits per heavy atom. The molecule has 0 heterocycles. The maximum absolute atomic E-state index is 11.3. The molecule has 0 N–H and O–H groups in total. The van der Waals surface area contributed by atoms with Crippen LogP contribution < -0.4 is 0 Å². The van der Waals surface area contributed by atoms with Crippen LogP contribution in [0.15, 0.2) is 24.3 Å². The van der Waals surface area contributed by atoms with Gasteiger partial charge in [-0.25, -0.2) is 0 Å². The lowest BCUT2D eigenvalue weighted by molar-refractivity contribution is -0.142. The van der Waals surface area contributed by atoms with Crippen LogP contribution in [0.25, 0.3) is 4.98 Å². The van der Waals surface area contributed by atoms with E-state index in [0.29, 0.717) is 0 Å². The molecule has 0 bridgehead atoms. The lowest BCUT2D eigenvalue weighted by Gasteiger charge is -2.01. The van der Waals surface area contributed by atoms with E-state index in [1.807, 2.05) is 31.2 Å². The molecule has 0 radical (unpaired) electrons. The minimum atomic E-state index is -0.302. The van der Waals surface area contributed by atoms with E-state index < -0.39 is 0 Å². The summed E-state index contributed by atoms with van der Waals surface area (Å²) in [7, 11) is 0. The minimum Gasteiger partial charge on any atom is -0.457 e. The normalized spacial score (nSPS) is 9.33. The quantitative estimate of drug-likeness (QED) is 0.428. The second-order valence-corrected chi connectivity index (χ2v) is 3.25. The van der Waals surface area contributed by atoms with E-state index in [9.17, 15) is 4.79 Å². The van der Waals surface area contributed by atoms with Crippen LogP contribution >= 0.6 is 0 Å². The number of aryl methyl sites for hydroxylation is 1. The number of benzene rings is 1. The minimum absolute atomic E-state index is 0.125. The molecule has 4 heteroatoms. The van der Waals surface area contributed by atoms with Gasteiger partial charge >= 0.3 is 12.5 Å². The third kappa shape index (κ3) is 4.23. The molecule has 0 saturated carbocycles. The van der Waals surface area contributed by atoms with Crippen molar-refractivity contribution in [2.45, 2.75) is 13.3 Å². The first-order chi connectivity index (χ1) is 7.22. The molecule has 0 saturated heterocycles. The SMILES string of the molecule is Cc1cccc(CC(=O)OCC[N+]#N)c1. The molecule has 4 nitrogen and oxygen atoms in total. The predicted octanol–water partition coefficient (Wildman–Crippen LogP) is 1.93. The molecule has 0 fully saturated rings. The molecule has 0 aliphatic heterocycles. The summed E-state index contributed by atoms with van der Waals surface area (Å²) >= 11 is 0. The van der Waals surface area contributed by atoms with Crippen molar-refractivity contribution in [2.75, 3.05) is 13.2 Å². The fourth-order valence-corrected chi connectivity index (χ4v) is 1.24. The van der Waals surface area contributed by atoms with E-state index in [2.05, 4.69) is 4.98 Å². The number of esters is 1. The topological polar surface area (TPSA) is 54.5 Å². The summed E-state index contributed by atoms with van der Waals surface area (Å²) in [5, 5.41) is 8.14. The predicted molar refractivity (Wildman–Crippen MR) is 55.8 cm³/mol. The second-order valence-electron chi connectivity index (χ2n) is 3.25. The molecule has 0 amide bonds. The largest absolute Gasteiger partial charge is 0.457 e. The van der Waals surface area contributed by atoms with Crippen molar-refractivity contribution in [3.8, 4) is 0 Å². The van der Waals surface area contributed by atoms with Crippen LogP contribution in [0.4, 0.5) is 0 Å². The van der Waals surface area contributed by atoms with Crippen molar-refractivity contribution in [3.63, 3.8) is 0 Å². The van der Waals surface area contributed by atoms with Crippen LogP contribution in [0.5, 0.6) is 0 Å². The van der Waals surface area contributed by atoms with Gasteiger partial charge in [0.1, 0.15) is 4.98 Å². The van der Waals surface area contributed by atoms with E-state index in [-0.39, 0.29) is 25.5 Å². The Balaban J connectivity index is 2.42. The fourth-order valence-electron chi connectivity index (χ4n) is 1.24. The molecule has 1 aromatic carbocycles. The van der Waals surface area contributed by atoms with Gasteiger partial charge in [0.25, 0.3) is 0 Å². The van der Waals surface area contributed by atoms with Crippen molar-refractivity contribution in [3.05, 3.63) is 40.4 Å². The Labute approximate surface area is 88.5 Å². The van der Waals surface area contributed by atoms with Crippen molar-refractivity contribution < 1.29 is 9.53 Å². The molecule has 78 valence electrons. The molecule has 0 aliphatic rings. The summed E-state index contributed by atoms with van der Waals surface area (Å²) in [6.45, 7) is 2.22. The molecule has 0 aliphatic carbocycles. The molecule has 1 rings (SSSR count). The molecule has 0 unspecified atom stereocenters. The first-order valence-electron chi connectivity index (χ1n) is 4.74. The van der Waals surface area contributed by atoms with Gasteiger partial charge in [0, 0.05) is 0 Å². The van der Waals surface area contributed by atoms with Gasteiger partial charge in [-0.15, -0.1) is 0 Å². The van der Waals surface area contributed by atoms with Gasteiger partial charge in [0.05, 0.1) is 6.42 Å². The number of hydrogen-bond acceptors (Lipinski definition) is 3. The zero-order chi connectivity index (χ0) is 11.1. The second kappa shape index (κ2) is 5.76. The Bertz CT molecular complexity index is 382. The number of rotatable bonds is 4. The van der Waals surface area contributed by atoms with E-state index in [1.165, 1.54) is 0 Å². The maximum atomic E-state index is 11.3. The molecule has 15 heavy (non-hydrogen) atoms. The maximum Gasteiger partial charge on any atom is 0.338 e. The number of diazo groups is 1. The number of hydrogen-bond donors (Lipinski definition) is 0. The third-order valence-electron chi connectivity index (χ3n) is 1.89.